The summed E-state index contributed by atoms with van der Waals surface area (Å²) in [5.41, 5.74) is 0. The summed E-state index contributed by atoms with van der Waals surface area (Å²) in [5, 5.41) is 7.79. The lowest BCUT2D eigenvalue weighted by molar-refractivity contribution is -0.167. The minimum Gasteiger partial charge on any atom is -0.354 e. The Hall–Kier alpha value is -1.39. The molecule has 5 heteroatoms. The number of imide groups is 1. The molecule has 1 aliphatic heterocycles. The minimum absolute atomic E-state index is 0.0707. The third-order valence-corrected chi connectivity index (χ3v) is 1.53. The molecular formula is C7H10N2O3. The highest BCUT2D eigenvalue weighted by atomic mass is 16.7. The summed E-state index contributed by atoms with van der Waals surface area (Å²) in [4.78, 5) is 26.5. The summed E-state index contributed by atoms with van der Waals surface area (Å²) in [6.07, 6.45) is 0.753. The van der Waals surface area contributed by atoms with E-state index in [0.717, 1.165) is 0 Å². The second-order valence-corrected chi connectivity index (χ2v) is 2.45. The van der Waals surface area contributed by atoms with Gasteiger partial charge in [-0.2, -0.15) is 0 Å². The van der Waals surface area contributed by atoms with E-state index >= 15 is 0 Å². The Balaban J connectivity index is 2.56. The van der Waals surface area contributed by atoms with Gasteiger partial charge in [0.2, 0.25) is 5.90 Å². The molecule has 0 unspecified atom stereocenters. The molecule has 1 saturated heterocycles. The van der Waals surface area contributed by atoms with Crippen LogP contribution in [0.15, 0.2) is 0 Å². The molecule has 0 spiro atoms. The van der Waals surface area contributed by atoms with Crippen LogP contribution < -0.4 is 0 Å². The molecule has 1 rings (SSSR count). The summed E-state index contributed by atoms with van der Waals surface area (Å²) in [6.45, 7) is 1.72. The number of hydroxylamine groups is 2. The zero-order valence-corrected chi connectivity index (χ0v) is 6.79. The van der Waals surface area contributed by atoms with Crippen molar-refractivity contribution < 1.29 is 14.4 Å². The van der Waals surface area contributed by atoms with Crippen LogP contribution in [0.3, 0.4) is 0 Å². The average Bonchev–Trinajstić information content (AvgIpc) is 2.35. The smallest absolute Gasteiger partial charge is 0.263 e. The highest BCUT2D eigenvalue weighted by molar-refractivity contribution is 6.01. The van der Waals surface area contributed by atoms with E-state index in [-0.39, 0.29) is 30.6 Å². The van der Waals surface area contributed by atoms with Crippen molar-refractivity contribution in [2.24, 2.45) is 0 Å². The molecule has 0 radical (unpaired) electrons. The molecule has 0 bridgehead atoms. The van der Waals surface area contributed by atoms with Gasteiger partial charge >= 0.3 is 0 Å². The van der Waals surface area contributed by atoms with Crippen molar-refractivity contribution in [3.63, 3.8) is 0 Å². The van der Waals surface area contributed by atoms with E-state index in [1.807, 2.05) is 0 Å². The number of carbonyl (C=O) groups is 2. The number of hydrogen-bond donors (Lipinski definition) is 1. The highest BCUT2D eigenvalue weighted by Crippen LogP contribution is 2.12. The number of hydrogen-bond acceptors (Lipinski definition) is 4. The van der Waals surface area contributed by atoms with E-state index in [2.05, 4.69) is 0 Å². The van der Waals surface area contributed by atoms with Crippen molar-refractivity contribution >= 4 is 17.7 Å². The highest BCUT2D eigenvalue weighted by Gasteiger charge is 2.31. The SMILES string of the molecule is CCC(=N)ON1C(=O)CCC1=O. The monoisotopic (exact) mass is 170 g/mol. The molecule has 0 aromatic heterocycles. The first-order chi connectivity index (χ1) is 5.65. The Morgan fingerprint density at radius 2 is 2.00 bits per heavy atom. The zero-order chi connectivity index (χ0) is 9.14. The van der Waals surface area contributed by atoms with Crippen LogP contribution in [0.4, 0.5) is 0 Å². The van der Waals surface area contributed by atoms with Crippen LogP contribution in [0.5, 0.6) is 0 Å². The average molecular weight is 170 g/mol. The van der Waals surface area contributed by atoms with Crippen LogP contribution in [-0.4, -0.2) is 22.8 Å². The molecule has 0 saturated carbocycles. The fourth-order valence-electron chi connectivity index (χ4n) is 0.833. The lowest BCUT2D eigenvalue weighted by atomic mass is 10.4. The van der Waals surface area contributed by atoms with Crippen LogP contribution in [0.25, 0.3) is 0 Å². The fraction of sp³-hybridized carbons (Fsp3) is 0.571. The lowest BCUT2D eigenvalue weighted by Gasteiger charge is -2.13. The quantitative estimate of drug-likeness (QED) is 0.371. The fourth-order valence-corrected chi connectivity index (χ4v) is 0.833. The molecule has 1 fully saturated rings. The molecular weight excluding hydrogens is 160 g/mol. The van der Waals surface area contributed by atoms with E-state index in [4.69, 9.17) is 10.2 Å². The number of rotatable bonds is 2. The summed E-state index contributed by atoms with van der Waals surface area (Å²) in [5.74, 6) is -0.796. The minimum atomic E-state index is -0.363. The van der Waals surface area contributed by atoms with Gasteiger partial charge in [-0.1, -0.05) is 6.92 Å². The molecule has 0 aliphatic carbocycles. The van der Waals surface area contributed by atoms with Gasteiger partial charge < -0.3 is 4.84 Å². The topological polar surface area (TPSA) is 70.5 Å². The van der Waals surface area contributed by atoms with Gasteiger partial charge in [0.25, 0.3) is 11.8 Å². The third kappa shape index (κ3) is 1.61. The van der Waals surface area contributed by atoms with Gasteiger partial charge in [0, 0.05) is 19.3 Å². The van der Waals surface area contributed by atoms with Gasteiger partial charge in [0.1, 0.15) is 0 Å². The Kier molecular flexibility index (Phi) is 2.42. The second kappa shape index (κ2) is 3.34. The lowest BCUT2D eigenvalue weighted by Crippen LogP contribution is -2.31. The summed E-state index contributed by atoms with van der Waals surface area (Å²) in [7, 11) is 0. The van der Waals surface area contributed by atoms with Gasteiger partial charge in [-0.05, 0) is 0 Å². The molecule has 0 aromatic rings. The Labute approximate surface area is 69.8 Å². The first-order valence-corrected chi connectivity index (χ1v) is 3.76. The number of nitrogens with one attached hydrogen (secondary N) is 1. The number of nitrogens with zero attached hydrogens (tertiary/aromatic N) is 1. The predicted octanol–water partition coefficient (Wildman–Crippen LogP) is 0.454. The van der Waals surface area contributed by atoms with Gasteiger partial charge in [0.05, 0.1) is 0 Å². The van der Waals surface area contributed by atoms with Crippen molar-refractivity contribution in [3.8, 4) is 0 Å². The van der Waals surface area contributed by atoms with Gasteiger partial charge in [0.15, 0.2) is 0 Å². The van der Waals surface area contributed by atoms with Crippen LogP contribution in [0, 0.1) is 5.41 Å². The summed E-state index contributed by atoms with van der Waals surface area (Å²) < 4.78 is 0. The number of amides is 2. The van der Waals surface area contributed by atoms with E-state index < -0.39 is 0 Å². The van der Waals surface area contributed by atoms with Gasteiger partial charge in [-0.25, -0.2) is 0 Å². The van der Waals surface area contributed by atoms with Crippen LogP contribution >= 0.6 is 0 Å². The Morgan fingerprint density at radius 1 is 1.50 bits per heavy atom. The van der Waals surface area contributed by atoms with Gasteiger partial charge in [-0.15, -0.1) is 5.06 Å². The van der Waals surface area contributed by atoms with E-state index in [1.54, 1.807) is 6.92 Å². The molecule has 1 aliphatic rings. The predicted molar refractivity (Wildman–Crippen MR) is 40.2 cm³/mol. The molecule has 5 nitrogen and oxygen atoms in total. The first-order valence-electron chi connectivity index (χ1n) is 3.76. The molecule has 1 N–H and O–H groups in total. The van der Waals surface area contributed by atoms with Crippen molar-refractivity contribution in [2.75, 3.05) is 0 Å². The van der Waals surface area contributed by atoms with Crippen molar-refractivity contribution in [3.05, 3.63) is 0 Å². The standard InChI is InChI=1S/C7H10N2O3/c1-2-5(8)12-9-6(10)3-4-7(9)11/h8H,2-4H2,1H3. The molecule has 2 amide bonds. The molecule has 1 heterocycles. The molecule has 0 aromatic carbocycles. The van der Waals surface area contributed by atoms with Crippen molar-refractivity contribution in [2.45, 2.75) is 26.2 Å². The number of carbonyl (C=O) groups excluding carboxylic acids is 2. The molecule has 66 valence electrons. The zero-order valence-electron chi connectivity index (χ0n) is 6.79. The normalized spacial score (nSPS) is 16.9. The third-order valence-electron chi connectivity index (χ3n) is 1.53. The Bertz CT molecular complexity index is 221. The van der Waals surface area contributed by atoms with E-state index in [0.29, 0.717) is 11.5 Å². The van der Waals surface area contributed by atoms with E-state index in [1.165, 1.54) is 0 Å². The van der Waals surface area contributed by atoms with Crippen LogP contribution in [0.2, 0.25) is 0 Å². The maximum Gasteiger partial charge on any atom is 0.263 e. The van der Waals surface area contributed by atoms with Crippen molar-refractivity contribution in [1.82, 2.24) is 5.06 Å². The second-order valence-electron chi connectivity index (χ2n) is 2.45. The summed E-state index contributed by atoms with van der Waals surface area (Å²) in [6, 6.07) is 0. The van der Waals surface area contributed by atoms with Crippen molar-refractivity contribution in [1.29, 1.82) is 5.41 Å². The van der Waals surface area contributed by atoms with E-state index in [9.17, 15) is 9.59 Å². The molecule has 12 heavy (non-hydrogen) atoms. The maximum atomic E-state index is 10.9. The Morgan fingerprint density at radius 3 is 2.42 bits per heavy atom. The largest absolute Gasteiger partial charge is 0.354 e. The van der Waals surface area contributed by atoms with Crippen LogP contribution in [-0.2, 0) is 14.4 Å². The van der Waals surface area contributed by atoms with Gasteiger partial charge in [-0.3, -0.25) is 15.0 Å². The molecule has 0 atom stereocenters. The maximum absolute atomic E-state index is 10.9. The first kappa shape index (κ1) is 8.70. The summed E-state index contributed by atoms with van der Waals surface area (Å²) >= 11 is 0. The van der Waals surface area contributed by atoms with Crippen LogP contribution in [0.1, 0.15) is 26.2 Å².